The van der Waals surface area contributed by atoms with E-state index in [1.165, 1.54) is 5.56 Å². The van der Waals surface area contributed by atoms with E-state index < -0.39 is 0 Å². The molecule has 0 saturated heterocycles. The van der Waals surface area contributed by atoms with Crippen LogP contribution in [-0.4, -0.2) is 12.5 Å². The van der Waals surface area contributed by atoms with Gasteiger partial charge in [0.25, 0.3) is 0 Å². The molecule has 1 amide bonds. The van der Waals surface area contributed by atoms with Gasteiger partial charge < -0.3 is 4.90 Å². The predicted molar refractivity (Wildman–Crippen MR) is 82.5 cm³/mol. The predicted octanol–water partition coefficient (Wildman–Crippen LogP) is 4.43. The normalized spacial score (nSPS) is 12.2. The molecular formula is C17H27NO. The Morgan fingerprint density at radius 1 is 1.26 bits per heavy atom. The van der Waals surface area contributed by atoms with Crippen molar-refractivity contribution in [3.05, 3.63) is 29.8 Å². The smallest absolute Gasteiger partial charge is 0.229 e. The maximum atomic E-state index is 12.5. The first kappa shape index (κ1) is 15.7. The Bertz CT molecular complexity index is 400. The van der Waals surface area contributed by atoms with Crippen LogP contribution in [0.1, 0.15) is 52.5 Å². The number of amides is 1. The summed E-state index contributed by atoms with van der Waals surface area (Å²) in [5.41, 5.74) is 2.34. The lowest BCUT2D eigenvalue weighted by atomic mass is 10.1. The molecule has 0 heterocycles. The van der Waals surface area contributed by atoms with Gasteiger partial charge in [-0.05, 0) is 37.0 Å². The number of unbranched alkanes of at least 4 members (excludes halogenated alkanes) is 1. The third-order valence-corrected chi connectivity index (χ3v) is 3.67. The molecule has 1 aromatic rings. The van der Waals surface area contributed by atoms with Crippen molar-refractivity contribution in [1.82, 2.24) is 0 Å². The second-order valence-corrected chi connectivity index (χ2v) is 5.18. The van der Waals surface area contributed by atoms with Crippen molar-refractivity contribution in [2.45, 2.75) is 53.4 Å². The van der Waals surface area contributed by atoms with E-state index in [0.29, 0.717) is 0 Å². The third kappa shape index (κ3) is 4.38. The summed E-state index contributed by atoms with van der Waals surface area (Å²) in [5, 5.41) is 0. The second kappa shape index (κ2) is 7.98. The van der Waals surface area contributed by atoms with E-state index in [-0.39, 0.29) is 11.8 Å². The van der Waals surface area contributed by atoms with Crippen molar-refractivity contribution < 1.29 is 4.79 Å². The summed E-state index contributed by atoms with van der Waals surface area (Å²) in [6.07, 6.45) is 4.07. The first-order valence-electron chi connectivity index (χ1n) is 7.54. The fraction of sp³-hybridized carbons (Fsp3) is 0.588. The number of hydrogen-bond acceptors (Lipinski definition) is 1. The van der Waals surface area contributed by atoms with Crippen molar-refractivity contribution in [3.8, 4) is 0 Å². The maximum Gasteiger partial charge on any atom is 0.229 e. The average molecular weight is 261 g/mol. The number of carbonyl (C=O) groups excluding carboxylic acids is 1. The third-order valence-electron chi connectivity index (χ3n) is 3.67. The number of carbonyl (C=O) groups is 1. The summed E-state index contributed by atoms with van der Waals surface area (Å²) in [6, 6.07) is 8.37. The quantitative estimate of drug-likeness (QED) is 0.711. The zero-order valence-corrected chi connectivity index (χ0v) is 12.8. The van der Waals surface area contributed by atoms with E-state index in [9.17, 15) is 4.79 Å². The molecule has 0 aliphatic heterocycles. The Morgan fingerprint density at radius 2 is 2.00 bits per heavy atom. The van der Waals surface area contributed by atoms with Gasteiger partial charge in [0.2, 0.25) is 5.91 Å². The van der Waals surface area contributed by atoms with Crippen LogP contribution < -0.4 is 4.90 Å². The fourth-order valence-electron chi connectivity index (χ4n) is 2.07. The molecule has 1 rings (SSSR count). The molecule has 0 bridgehead atoms. The summed E-state index contributed by atoms with van der Waals surface area (Å²) in [5.74, 6) is 0.353. The SMILES string of the molecule is CCCCN(C(=O)C(C)CC)c1cccc(CC)c1. The number of anilines is 1. The lowest BCUT2D eigenvalue weighted by molar-refractivity contribution is -0.122. The van der Waals surface area contributed by atoms with Gasteiger partial charge in [-0.1, -0.05) is 46.2 Å². The number of benzene rings is 1. The molecule has 0 aromatic heterocycles. The highest BCUT2D eigenvalue weighted by atomic mass is 16.2. The van der Waals surface area contributed by atoms with Crippen molar-refractivity contribution in [2.24, 2.45) is 5.92 Å². The molecule has 0 fully saturated rings. The topological polar surface area (TPSA) is 20.3 Å². The Labute approximate surface area is 117 Å². The highest BCUT2D eigenvalue weighted by Gasteiger charge is 2.20. The summed E-state index contributed by atoms with van der Waals surface area (Å²) in [6.45, 7) is 9.22. The van der Waals surface area contributed by atoms with Crippen LogP contribution in [0, 0.1) is 5.92 Å². The molecule has 2 heteroatoms. The van der Waals surface area contributed by atoms with E-state index >= 15 is 0 Å². The number of aryl methyl sites for hydroxylation is 1. The van der Waals surface area contributed by atoms with Gasteiger partial charge in [-0.15, -0.1) is 0 Å². The van der Waals surface area contributed by atoms with E-state index in [1.807, 2.05) is 11.8 Å². The standard InChI is InChI=1S/C17H27NO/c1-5-8-12-18(17(19)14(4)6-2)16-11-9-10-15(7-3)13-16/h9-11,13-14H,5-8,12H2,1-4H3. The fourth-order valence-corrected chi connectivity index (χ4v) is 2.07. The van der Waals surface area contributed by atoms with Crippen LogP contribution in [0.2, 0.25) is 0 Å². The summed E-state index contributed by atoms with van der Waals surface area (Å²) in [4.78, 5) is 14.5. The molecule has 0 saturated carbocycles. The largest absolute Gasteiger partial charge is 0.312 e. The Kier molecular flexibility index (Phi) is 6.61. The van der Waals surface area contributed by atoms with Crippen molar-refractivity contribution in [3.63, 3.8) is 0 Å². The van der Waals surface area contributed by atoms with Gasteiger partial charge in [0.15, 0.2) is 0 Å². The Morgan fingerprint density at radius 3 is 2.58 bits per heavy atom. The summed E-state index contributed by atoms with van der Waals surface area (Å²) >= 11 is 0. The van der Waals surface area contributed by atoms with Crippen LogP contribution in [0.15, 0.2) is 24.3 Å². The van der Waals surface area contributed by atoms with Crippen LogP contribution in [0.4, 0.5) is 5.69 Å². The van der Waals surface area contributed by atoms with Gasteiger partial charge in [0.1, 0.15) is 0 Å². The van der Waals surface area contributed by atoms with Crippen molar-refractivity contribution >= 4 is 11.6 Å². The minimum absolute atomic E-state index is 0.0992. The van der Waals surface area contributed by atoms with Gasteiger partial charge in [-0.25, -0.2) is 0 Å². The Balaban J connectivity index is 2.97. The molecule has 2 nitrogen and oxygen atoms in total. The average Bonchev–Trinajstić information content (AvgIpc) is 2.46. The van der Waals surface area contributed by atoms with Crippen molar-refractivity contribution in [1.29, 1.82) is 0 Å². The lowest BCUT2D eigenvalue weighted by Crippen LogP contribution is -2.36. The molecular weight excluding hydrogens is 234 g/mol. The lowest BCUT2D eigenvalue weighted by Gasteiger charge is -2.26. The molecule has 1 aromatic carbocycles. The molecule has 0 aliphatic rings. The minimum atomic E-state index is 0.0992. The molecule has 1 atom stereocenters. The van der Waals surface area contributed by atoms with Crippen LogP contribution in [-0.2, 0) is 11.2 Å². The van der Waals surface area contributed by atoms with Gasteiger partial charge in [0, 0.05) is 18.2 Å². The summed E-state index contributed by atoms with van der Waals surface area (Å²) < 4.78 is 0. The van der Waals surface area contributed by atoms with E-state index in [0.717, 1.165) is 37.9 Å². The van der Waals surface area contributed by atoms with E-state index in [1.54, 1.807) is 0 Å². The molecule has 106 valence electrons. The zero-order valence-electron chi connectivity index (χ0n) is 12.8. The van der Waals surface area contributed by atoms with Gasteiger partial charge in [0.05, 0.1) is 0 Å². The number of rotatable bonds is 7. The van der Waals surface area contributed by atoms with E-state index in [4.69, 9.17) is 0 Å². The van der Waals surface area contributed by atoms with Crippen LogP contribution in [0.25, 0.3) is 0 Å². The van der Waals surface area contributed by atoms with Gasteiger partial charge >= 0.3 is 0 Å². The molecule has 0 aliphatic carbocycles. The zero-order chi connectivity index (χ0) is 14.3. The molecule has 1 unspecified atom stereocenters. The van der Waals surface area contributed by atoms with Crippen LogP contribution >= 0.6 is 0 Å². The Hall–Kier alpha value is -1.31. The molecule has 19 heavy (non-hydrogen) atoms. The second-order valence-electron chi connectivity index (χ2n) is 5.18. The highest BCUT2D eigenvalue weighted by molar-refractivity contribution is 5.94. The maximum absolute atomic E-state index is 12.5. The van der Waals surface area contributed by atoms with Gasteiger partial charge in [-0.2, -0.15) is 0 Å². The minimum Gasteiger partial charge on any atom is -0.312 e. The van der Waals surface area contributed by atoms with Crippen molar-refractivity contribution in [2.75, 3.05) is 11.4 Å². The molecule has 0 radical (unpaired) electrons. The van der Waals surface area contributed by atoms with E-state index in [2.05, 4.69) is 45.0 Å². The summed E-state index contributed by atoms with van der Waals surface area (Å²) in [7, 11) is 0. The highest BCUT2D eigenvalue weighted by Crippen LogP contribution is 2.20. The van der Waals surface area contributed by atoms with Gasteiger partial charge in [-0.3, -0.25) is 4.79 Å². The van der Waals surface area contributed by atoms with Crippen LogP contribution in [0.3, 0.4) is 0 Å². The first-order chi connectivity index (χ1) is 9.13. The van der Waals surface area contributed by atoms with Crippen LogP contribution in [0.5, 0.6) is 0 Å². The number of nitrogens with zero attached hydrogens (tertiary/aromatic N) is 1. The monoisotopic (exact) mass is 261 g/mol. The number of hydrogen-bond donors (Lipinski definition) is 0. The molecule has 0 N–H and O–H groups in total. The first-order valence-corrected chi connectivity index (χ1v) is 7.54. The molecule has 0 spiro atoms.